The molecule has 0 fully saturated rings. The summed E-state index contributed by atoms with van der Waals surface area (Å²) < 4.78 is 4.62. The molecule has 0 unspecified atom stereocenters. The second kappa shape index (κ2) is 5.58. The number of benzene rings is 1. The van der Waals surface area contributed by atoms with Gasteiger partial charge in [-0.05, 0) is 24.6 Å². The highest BCUT2D eigenvalue weighted by molar-refractivity contribution is 6.31. The number of anilines is 1. The Hall–Kier alpha value is -1.26. The smallest absolute Gasteiger partial charge is 0.411 e. The second-order valence-electron chi connectivity index (χ2n) is 2.95. The molecular weight excluding hydrogens is 218 g/mol. The van der Waals surface area contributed by atoms with E-state index in [1.54, 1.807) is 18.2 Å². The van der Waals surface area contributed by atoms with E-state index >= 15 is 0 Å². The number of nitrogens with one attached hydrogen (secondary N) is 1. The van der Waals surface area contributed by atoms with Crippen molar-refractivity contribution >= 4 is 23.4 Å². The van der Waals surface area contributed by atoms with Gasteiger partial charge in [0.15, 0.2) is 0 Å². The maximum absolute atomic E-state index is 11.1. The van der Waals surface area contributed by atoms with Gasteiger partial charge in [-0.3, -0.25) is 5.32 Å². The fourth-order valence-corrected chi connectivity index (χ4v) is 1.14. The van der Waals surface area contributed by atoms with E-state index in [4.69, 9.17) is 16.7 Å². The van der Waals surface area contributed by atoms with Crippen molar-refractivity contribution in [2.45, 2.75) is 6.92 Å². The molecule has 0 bridgehead atoms. The first kappa shape index (κ1) is 11.8. The number of hydrogen-bond donors (Lipinski definition) is 2. The topological polar surface area (TPSA) is 58.6 Å². The van der Waals surface area contributed by atoms with Crippen LogP contribution in [0.25, 0.3) is 0 Å². The van der Waals surface area contributed by atoms with E-state index in [1.807, 2.05) is 6.92 Å². The van der Waals surface area contributed by atoms with Crippen molar-refractivity contribution in [3.05, 3.63) is 28.8 Å². The molecule has 0 heterocycles. The summed E-state index contributed by atoms with van der Waals surface area (Å²) in [7, 11) is 0. The van der Waals surface area contributed by atoms with Crippen LogP contribution >= 0.6 is 11.6 Å². The second-order valence-corrected chi connectivity index (χ2v) is 3.36. The van der Waals surface area contributed by atoms with Gasteiger partial charge in [0.05, 0.1) is 6.61 Å². The molecule has 1 rings (SSSR count). The van der Waals surface area contributed by atoms with E-state index in [0.717, 1.165) is 5.56 Å². The molecule has 0 spiro atoms. The molecule has 15 heavy (non-hydrogen) atoms. The molecule has 1 amide bonds. The third-order valence-corrected chi connectivity index (χ3v) is 2.15. The number of hydrogen-bond acceptors (Lipinski definition) is 3. The number of carbonyl (C=O) groups is 1. The van der Waals surface area contributed by atoms with Gasteiger partial charge in [0.1, 0.15) is 6.61 Å². The van der Waals surface area contributed by atoms with Gasteiger partial charge in [-0.15, -0.1) is 0 Å². The summed E-state index contributed by atoms with van der Waals surface area (Å²) in [6.07, 6.45) is -0.607. The van der Waals surface area contributed by atoms with Crippen LogP contribution in [0.2, 0.25) is 5.02 Å². The average Bonchev–Trinajstić information content (AvgIpc) is 2.20. The lowest BCUT2D eigenvalue weighted by atomic mass is 10.2. The van der Waals surface area contributed by atoms with Crippen LogP contribution in [0, 0.1) is 6.92 Å². The number of ether oxygens (including phenoxy) is 1. The minimum atomic E-state index is -0.607. The maximum Gasteiger partial charge on any atom is 0.411 e. The number of aryl methyl sites for hydroxylation is 1. The van der Waals surface area contributed by atoms with Crippen LogP contribution in [0.5, 0.6) is 0 Å². The number of amides is 1. The van der Waals surface area contributed by atoms with Gasteiger partial charge in [0.25, 0.3) is 0 Å². The van der Waals surface area contributed by atoms with Crippen molar-refractivity contribution in [2.24, 2.45) is 0 Å². The molecule has 0 saturated heterocycles. The minimum Gasteiger partial charge on any atom is -0.447 e. The van der Waals surface area contributed by atoms with Gasteiger partial charge in [0.2, 0.25) is 0 Å². The van der Waals surface area contributed by atoms with E-state index < -0.39 is 6.09 Å². The predicted molar refractivity (Wildman–Crippen MR) is 58.2 cm³/mol. The normalized spacial score (nSPS) is 9.80. The zero-order chi connectivity index (χ0) is 11.3. The monoisotopic (exact) mass is 229 g/mol. The zero-order valence-electron chi connectivity index (χ0n) is 8.29. The van der Waals surface area contributed by atoms with Crippen molar-refractivity contribution < 1.29 is 14.6 Å². The first-order valence-electron chi connectivity index (χ1n) is 4.44. The number of carbonyl (C=O) groups excluding carboxylic acids is 1. The van der Waals surface area contributed by atoms with Crippen LogP contribution in [0.15, 0.2) is 18.2 Å². The van der Waals surface area contributed by atoms with Crippen LogP contribution in [0.4, 0.5) is 10.5 Å². The van der Waals surface area contributed by atoms with Crippen LogP contribution in [-0.4, -0.2) is 24.4 Å². The highest BCUT2D eigenvalue weighted by Crippen LogP contribution is 2.19. The lowest BCUT2D eigenvalue weighted by Crippen LogP contribution is -2.15. The Morgan fingerprint density at radius 1 is 1.60 bits per heavy atom. The Labute approximate surface area is 92.8 Å². The van der Waals surface area contributed by atoms with Gasteiger partial charge >= 0.3 is 6.09 Å². The summed E-state index contributed by atoms with van der Waals surface area (Å²) >= 11 is 5.87. The molecule has 0 saturated carbocycles. The van der Waals surface area contributed by atoms with Crippen molar-refractivity contribution in [1.82, 2.24) is 0 Å². The maximum atomic E-state index is 11.1. The van der Waals surface area contributed by atoms with Crippen molar-refractivity contribution in [3.63, 3.8) is 0 Å². The Balaban J connectivity index is 2.57. The van der Waals surface area contributed by atoms with E-state index in [2.05, 4.69) is 10.1 Å². The summed E-state index contributed by atoms with van der Waals surface area (Å²) in [6, 6.07) is 5.16. The Bertz CT molecular complexity index is 355. The lowest BCUT2D eigenvalue weighted by molar-refractivity contribution is 0.131. The molecule has 82 valence electrons. The molecule has 4 nitrogen and oxygen atoms in total. The van der Waals surface area contributed by atoms with Gasteiger partial charge in [0, 0.05) is 10.7 Å². The fourth-order valence-electron chi connectivity index (χ4n) is 0.963. The van der Waals surface area contributed by atoms with Gasteiger partial charge in [-0.1, -0.05) is 17.7 Å². The Kier molecular flexibility index (Phi) is 4.39. The number of halogens is 1. The molecule has 0 radical (unpaired) electrons. The standard InChI is InChI=1S/C10H12ClNO3/c1-7-2-3-8(6-9(7)11)12-10(14)15-5-4-13/h2-3,6,13H,4-5H2,1H3,(H,12,14). The third-order valence-electron chi connectivity index (χ3n) is 1.74. The summed E-state index contributed by atoms with van der Waals surface area (Å²) in [4.78, 5) is 11.1. The van der Waals surface area contributed by atoms with Crippen LogP contribution in [-0.2, 0) is 4.74 Å². The zero-order valence-corrected chi connectivity index (χ0v) is 9.04. The highest BCUT2D eigenvalue weighted by Gasteiger charge is 2.03. The van der Waals surface area contributed by atoms with Gasteiger partial charge < -0.3 is 9.84 Å². The predicted octanol–water partition coefficient (Wildman–Crippen LogP) is 2.19. The quantitative estimate of drug-likeness (QED) is 0.835. The average molecular weight is 230 g/mol. The fraction of sp³-hybridized carbons (Fsp3) is 0.300. The number of aliphatic hydroxyl groups excluding tert-OH is 1. The minimum absolute atomic E-state index is 0.0224. The van der Waals surface area contributed by atoms with Crippen molar-refractivity contribution in [2.75, 3.05) is 18.5 Å². The van der Waals surface area contributed by atoms with Gasteiger partial charge in [-0.25, -0.2) is 4.79 Å². The largest absolute Gasteiger partial charge is 0.447 e. The van der Waals surface area contributed by atoms with Gasteiger partial charge in [-0.2, -0.15) is 0 Å². The number of rotatable bonds is 3. The van der Waals surface area contributed by atoms with E-state index in [1.165, 1.54) is 0 Å². The molecule has 0 atom stereocenters. The molecule has 0 aliphatic heterocycles. The molecule has 0 aliphatic rings. The summed E-state index contributed by atoms with van der Waals surface area (Å²) in [6.45, 7) is 1.66. The third kappa shape index (κ3) is 3.77. The highest BCUT2D eigenvalue weighted by atomic mass is 35.5. The van der Waals surface area contributed by atoms with Crippen molar-refractivity contribution in [1.29, 1.82) is 0 Å². The molecule has 2 N–H and O–H groups in total. The Morgan fingerprint density at radius 2 is 2.33 bits per heavy atom. The first-order valence-corrected chi connectivity index (χ1v) is 4.82. The Morgan fingerprint density at radius 3 is 2.93 bits per heavy atom. The van der Waals surface area contributed by atoms with Crippen molar-refractivity contribution in [3.8, 4) is 0 Å². The van der Waals surface area contributed by atoms with E-state index in [9.17, 15) is 4.79 Å². The summed E-state index contributed by atoms with van der Waals surface area (Å²) in [5.74, 6) is 0. The molecule has 0 aromatic heterocycles. The van der Waals surface area contributed by atoms with E-state index in [0.29, 0.717) is 10.7 Å². The van der Waals surface area contributed by atoms with Crippen LogP contribution < -0.4 is 5.32 Å². The number of aliphatic hydroxyl groups is 1. The van der Waals surface area contributed by atoms with Crippen LogP contribution in [0.3, 0.4) is 0 Å². The molecular formula is C10H12ClNO3. The van der Waals surface area contributed by atoms with Crippen LogP contribution in [0.1, 0.15) is 5.56 Å². The first-order chi connectivity index (χ1) is 7.13. The molecule has 1 aromatic carbocycles. The summed E-state index contributed by atoms with van der Waals surface area (Å²) in [5, 5.41) is 11.5. The summed E-state index contributed by atoms with van der Waals surface area (Å²) in [5.41, 5.74) is 1.50. The molecule has 5 heteroatoms. The van der Waals surface area contributed by atoms with E-state index in [-0.39, 0.29) is 13.2 Å². The lowest BCUT2D eigenvalue weighted by Gasteiger charge is -2.06. The molecule has 0 aliphatic carbocycles. The molecule has 1 aromatic rings. The SMILES string of the molecule is Cc1ccc(NC(=O)OCCO)cc1Cl.